The van der Waals surface area contributed by atoms with Crippen LogP contribution in [0, 0.1) is 0 Å². The molecule has 0 amide bonds. The quantitative estimate of drug-likeness (QED) is 0.353. The fourth-order valence-corrected chi connectivity index (χ4v) is 3.04. The summed E-state index contributed by atoms with van der Waals surface area (Å²) in [6, 6.07) is 0. The molecule has 3 N–H and O–H groups in total. The largest absolute Gasteiger partial charge is 0.394 e. The van der Waals surface area contributed by atoms with Gasteiger partial charge in [0.2, 0.25) is 0 Å². The molecule has 0 unspecified atom stereocenters. The molecule has 1 aliphatic rings. The first kappa shape index (κ1) is 21.6. The maximum absolute atomic E-state index is 10.0. The molecule has 24 heavy (non-hydrogen) atoms. The van der Waals surface area contributed by atoms with E-state index in [1.54, 1.807) is 0 Å². The Labute approximate surface area is 146 Å². The molecular formula is C19H36O5. The molecule has 5 nitrogen and oxygen atoms in total. The van der Waals surface area contributed by atoms with Crippen molar-refractivity contribution in [3.05, 3.63) is 12.2 Å². The second-order valence-electron chi connectivity index (χ2n) is 6.63. The summed E-state index contributed by atoms with van der Waals surface area (Å²) in [4.78, 5) is 0. The van der Waals surface area contributed by atoms with Gasteiger partial charge in [0.15, 0.2) is 0 Å². The molecule has 142 valence electrons. The van der Waals surface area contributed by atoms with Crippen LogP contribution in [0.5, 0.6) is 0 Å². The van der Waals surface area contributed by atoms with Gasteiger partial charge in [-0.3, -0.25) is 0 Å². The van der Waals surface area contributed by atoms with Crippen LogP contribution >= 0.6 is 0 Å². The molecule has 0 saturated carbocycles. The van der Waals surface area contributed by atoms with E-state index < -0.39 is 24.4 Å². The molecule has 1 heterocycles. The van der Waals surface area contributed by atoms with Gasteiger partial charge in [0, 0.05) is 6.61 Å². The Morgan fingerprint density at radius 3 is 2.25 bits per heavy atom. The van der Waals surface area contributed by atoms with Crippen molar-refractivity contribution in [1.29, 1.82) is 0 Å². The van der Waals surface area contributed by atoms with Crippen LogP contribution in [0.25, 0.3) is 0 Å². The minimum atomic E-state index is -0.971. The molecule has 0 aromatic heterocycles. The highest BCUT2D eigenvalue weighted by Crippen LogP contribution is 2.19. The lowest BCUT2D eigenvalue weighted by molar-refractivity contribution is -0.210. The molecule has 1 fully saturated rings. The van der Waals surface area contributed by atoms with E-state index in [1.165, 1.54) is 44.9 Å². The van der Waals surface area contributed by atoms with E-state index in [1.807, 2.05) is 0 Å². The molecule has 0 bridgehead atoms. The molecular weight excluding hydrogens is 308 g/mol. The zero-order chi connectivity index (χ0) is 17.6. The van der Waals surface area contributed by atoms with E-state index in [0.717, 1.165) is 12.8 Å². The summed E-state index contributed by atoms with van der Waals surface area (Å²) in [5, 5.41) is 28.9. The Bertz CT molecular complexity index is 321. The topological polar surface area (TPSA) is 79.2 Å². The highest BCUT2D eigenvalue weighted by molar-refractivity contribution is 4.87. The van der Waals surface area contributed by atoms with Crippen molar-refractivity contribution in [2.45, 2.75) is 89.1 Å². The SMILES string of the molecule is C/C=C/CCCCCCCCCCO[C@@H]1[C@@H](O)[C@H](CO)OC[C@H]1O. The van der Waals surface area contributed by atoms with Crippen LogP contribution in [0.1, 0.15) is 64.7 Å². The van der Waals surface area contributed by atoms with Crippen LogP contribution in [0.15, 0.2) is 12.2 Å². The lowest BCUT2D eigenvalue weighted by atomic mass is 10.0. The number of hydrogen-bond acceptors (Lipinski definition) is 5. The van der Waals surface area contributed by atoms with Gasteiger partial charge < -0.3 is 24.8 Å². The van der Waals surface area contributed by atoms with Crippen LogP contribution in [0.2, 0.25) is 0 Å². The van der Waals surface area contributed by atoms with E-state index in [4.69, 9.17) is 14.6 Å². The molecule has 0 aromatic carbocycles. The second kappa shape index (κ2) is 13.8. The van der Waals surface area contributed by atoms with Gasteiger partial charge in [-0.25, -0.2) is 0 Å². The van der Waals surface area contributed by atoms with Crippen LogP contribution in [0.4, 0.5) is 0 Å². The first-order valence-corrected chi connectivity index (χ1v) is 9.52. The third kappa shape index (κ3) is 8.58. The van der Waals surface area contributed by atoms with Gasteiger partial charge in [-0.05, 0) is 26.2 Å². The van der Waals surface area contributed by atoms with E-state index in [-0.39, 0.29) is 13.2 Å². The fourth-order valence-electron chi connectivity index (χ4n) is 3.04. The predicted octanol–water partition coefficient (Wildman–Crippen LogP) is 2.57. The van der Waals surface area contributed by atoms with Crippen LogP contribution in [-0.4, -0.2) is 59.6 Å². The Kier molecular flexibility index (Phi) is 12.4. The number of ether oxygens (including phenoxy) is 2. The summed E-state index contributed by atoms with van der Waals surface area (Å²) in [6.45, 7) is 2.43. The normalized spacial score (nSPS) is 27.8. The van der Waals surface area contributed by atoms with Crippen molar-refractivity contribution in [1.82, 2.24) is 0 Å². The lowest BCUT2D eigenvalue weighted by Gasteiger charge is -2.37. The third-order valence-electron chi connectivity index (χ3n) is 4.57. The van der Waals surface area contributed by atoms with Crippen LogP contribution < -0.4 is 0 Å². The smallest absolute Gasteiger partial charge is 0.114 e. The van der Waals surface area contributed by atoms with Crippen molar-refractivity contribution in [3.8, 4) is 0 Å². The van der Waals surface area contributed by atoms with E-state index in [0.29, 0.717) is 6.61 Å². The first-order chi connectivity index (χ1) is 11.7. The Hall–Kier alpha value is -0.460. The second-order valence-corrected chi connectivity index (χ2v) is 6.63. The molecule has 0 aliphatic carbocycles. The molecule has 1 rings (SSSR count). The van der Waals surface area contributed by atoms with Gasteiger partial charge in [-0.15, -0.1) is 0 Å². The zero-order valence-corrected chi connectivity index (χ0v) is 15.1. The minimum Gasteiger partial charge on any atom is -0.394 e. The van der Waals surface area contributed by atoms with Crippen molar-refractivity contribution in [2.24, 2.45) is 0 Å². The summed E-state index contributed by atoms with van der Waals surface area (Å²) in [5.74, 6) is 0. The van der Waals surface area contributed by atoms with Crippen molar-refractivity contribution < 1.29 is 24.8 Å². The van der Waals surface area contributed by atoms with E-state index >= 15 is 0 Å². The predicted molar refractivity (Wildman–Crippen MR) is 94.9 cm³/mol. The van der Waals surface area contributed by atoms with Crippen LogP contribution in [-0.2, 0) is 9.47 Å². The number of allylic oxidation sites excluding steroid dienone is 2. The Balaban J connectivity index is 1.96. The average molecular weight is 344 g/mol. The Morgan fingerprint density at radius 1 is 1.00 bits per heavy atom. The van der Waals surface area contributed by atoms with Crippen molar-refractivity contribution in [2.75, 3.05) is 19.8 Å². The first-order valence-electron chi connectivity index (χ1n) is 9.52. The van der Waals surface area contributed by atoms with Crippen LogP contribution in [0.3, 0.4) is 0 Å². The molecule has 0 spiro atoms. The number of rotatable bonds is 13. The zero-order valence-electron chi connectivity index (χ0n) is 15.1. The van der Waals surface area contributed by atoms with Crippen molar-refractivity contribution >= 4 is 0 Å². The average Bonchev–Trinajstić information content (AvgIpc) is 2.58. The number of hydrogen-bond donors (Lipinski definition) is 3. The summed E-state index contributed by atoms with van der Waals surface area (Å²) >= 11 is 0. The van der Waals surface area contributed by atoms with Crippen molar-refractivity contribution in [3.63, 3.8) is 0 Å². The summed E-state index contributed by atoms with van der Waals surface area (Å²) in [6.07, 6.45) is 12.2. The highest BCUT2D eigenvalue weighted by Gasteiger charge is 2.38. The van der Waals surface area contributed by atoms with Gasteiger partial charge in [0.05, 0.1) is 13.2 Å². The highest BCUT2D eigenvalue weighted by atomic mass is 16.6. The lowest BCUT2D eigenvalue weighted by Crippen LogP contribution is -2.55. The maximum Gasteiger partial charge on any atom is 0.114 e. The van der Waals surface area contributed by atoms with Gasteiger partial charge >= 0.3 is 0 Å². The van der Waals surface area contributed by atoms with Gasteiger partial charge in [-0.2, -0.15) is 0 Å². The summed E-state index contributed by atoms with van der Waals surface area (Å²) in [5.41, 5.74) is 0. The monoisotopic (exact) mass is 344 g/mol. The third-order valence-corrected chi connectivity index (χ3v) is 4.57. The molecule has 4 atom stereocenters. The molecule has 0 radical (unpaired) electrons. The van der Waals surface area contributed by atoms with Gasteiger partial charge in [0.1, 0.15) is 24.4 Å². The number of aliphatic hydroxyl groups is 3. The summed E-state index contributed by atoms with van der Waals surface area (Å²) < 4.78 is 10.8. The van der Waals surface area contributed by atoms with E-state index in [9.17, 15) is 10.2 Å². The molecule has 1 saturated heterocycles. The minimum absolute atomic E-state index is 0.0982. The summed E-state index contributed by atoms with van der Waals surface area (Å²) in [7, 11) is 0. The molecule has 5 heteroatoms. The van der Waals surface area contributed by atoms with Gasteiger partial charge in [-0.1, -0.05) is 50.7 Å². The maximum atomic E-state index is 10.0. The van der Waals surface area contributed by atoms with E-state index in [2.05, 4.69) is 19.1 Å². The standard InChI is InChI=1S/C19H36O5/c1-2-3-4-5-6-7-8-9-10-11-12-13-23-19-16(21)15-24-17(14-20)18(19)22/h2-3,16-22H,4-15H2,1H3/b3-2+/t16-,17+,18+,19+/m1/s1. The fraction of sp³-hybridized carbons (Fsp3) is 0.895. The number of aliphatic hydroxyl groups excluding tert-OH is 3. The Morgan fingerprint density at radius 2 is 1.62 bits per heavy atom. The molecule has 1 aliphatic heterocycles. The molecule has 0 aromatic rings. The number of unbranched alkanes of at least 4 members (excludes halogenated alkanes) is 8. The van der Waals surface area contributed by atoms with Gasteiger partial charge in [0.25, 0.3) is 0 Å².